The molecule has 26 heavy (non-hydrogen) atoms. The maximum atomic E-state index is 5.50. The number of guanidine groups is 1. The van der Waals surface area contributed by atoms with Gasteiger partial charge in [0.15, 0.2) is 5.96 Å². The summed E-state index contributed by atoms with van der Waals surface area (Å²) in [5.41, 5.74) is 16.1. The Morgan fingerprint density at radius 3 is 1.00 bits per heavy atom. The van der Waals surface area contributed by atoms with E-state index in [1.165, 1.54) is 109 Å². The van der Waals surface area contributed by atoms with Gasteiger partial charge in [-0.05, 0) is 19.4 Å². The van der Waals surface area contributed by atoms with Crippen molar-refractivity contribution >= 4 is 18.4 Å². The lowest BCUT2D eigenvalue weighted by molar-refractivity contribution is 0.524. The first-order valence-electron chi connectivity index (χ1n) is 11.0. The molecule has 0 aromatic rings. The van der Waals surface area contributed by atoms with E-state index in [0.717, 1.165) is 19.5 Å². The summed E-state index contributed by atoms with van der Waals surface area (Å²) in [6.45, 7) is 1.65. The molecule has 0 rings (SSSR count). The lowest BCUT2D eigenvalue weighted by Crippen LogP contribution is -2.22. The Kier molecular flexibility index (Phi) is 26.2. The molecule has 0 aromatic heterocycles. The highest BCUT2D eigenvalue weighted by Crippen LogP contribution is 2.14. The van der Waals surface area contributed by atoms with Crippen LogP contribution in [0.15, 0.2) is 4.99 Å². The quantitative estimate of drug-likeness (QED) is 0.142. The van der Waals surface area contributed by atoms with Crippen molar-refractivity contribution in [1.29, 1.82) is 0 Å². The predicted octanol–water partition coefficient (Wildman–Crippen LogP) is 5.66. The summed E-state index contributed by atoms with van der Waals surface area (Å²) in [7, 11) is 0. The Morgan fingerprint density at radius 1 is 0.462 bits per heavy atom. The molecular formula is C21H47ClN4. The highest BCUT2D eigenvalue weighted by Gasteiger charge is 1.95. The third-order valence-corrected chi connectivity index (χ3v) is 4.91. The second-order valence-electron chi connectivity index (χ2n) is 7.46. The summed E-state index contributed by atoms with van der Waals surface area (Å²) in [5, 5.41) is 0. The van der Waals surface area contributed by atoms with Crippen LogP contribution in [-0.4, -0.2) is 19.0 Å². The molecule has 0 amide bonds. The molecule has 0 saturated carbocycles. The molecule has 0 aliphatic rings. The van der Waals surface area contributed by atoms with Crippen molar-refractivity contribution in [1.82, 2.24) is 0 Å². The molecule has 0 radical (unpaired) electrons. The van der Waals surface area contributed by atoms with Crippen molar-refractivity contribution in [3.05, 3.63) is 0 Å². The van der Waals surface area contributed by atoms with Crippen molar-refractivity contribution in [2.45, 2.75) is 116 Å². The van der Waals surface area contributed by atoms with Crippen molar-refractivity contribution in [3.8, 4) is 0 Å². The van der Waals surface area contributed by atoms with Gasteiger partial charge in [0.05, 0.1) is 0 Å². The van der Waals surface area contributed by atoms with Crippen LogP contribution in [0.4, 0.5) is 0 Å². The molecule has 0 fully saturated rings. The number of rotatable bonds is 20. The average molecular weight is 391 g/mol. The van der Waals surface area contributed by atoms with E-state index in [2.05, 4.69) is 4.99 Å². The van der Waals surface area contributed by atoms with Gasteiger partial charge in [-0.1, -0.05) is 103 Å². The minimum absolute atomic E-state index is 0. The van der Waals surface area contributed by atoms with Crippen molar-refractivity contribution in [2.75, 3.05) is 13.1 Å². The SMILES string of the molecule is Cl.NCCCCCCCCCCCCCCCCCCCCN=C(N)N. The zero-order valence-electron chi connectivity index (χ0n) is 17.2. The van der Waals surface area contributed by atoms with E-state index < -0.39 is 0 Å². The molecule has 0 spiro atoms. The zero-order valence-corrected chi connectivity index (χ0v) is 18.0. The molecule has 0 aliphatic carbocycles. The number of hydrogen-bond acceptors (Lipinski definition) is 2. The van der Waals surface area contributed by atoms with Crippen molar-refractivity contribution in [2.24, 2.45) is 22.2 Å². The van der Waals surface area contributed by atoms with Gasteiger partial charge >= 0.3 is 0 Å². The normalized spacial score (nSPS) is 10.5. The molecular weight excluding hydrogens is 344 g/mol. The summed E-state index contributed by atoms with van der Waals surface area (Å²) in [5.74, 6) is 0.221. The predicted molar refractivity (Wildman–Crippen MR) is 120 cm³/mol. The molecule has 4 nitrogen and oxygen atoms in total. The van der Waals surface area contributed by atoms with Gasteiger partial charge in [-0.2, -0.15) is 0 Å². The molecule has 0 aliphatic heterocycles. The Morgan fingerprint density at radius 2 is 0.731 bits per heavy atom. The number of nitrogens with two attached hydrogens (primary N) is 3. The number of hydrogen-bond donors (Lipinski definition) is 3. The third-order valence-electron chi connectivity index (χ3n) is 4.91. The summed E-state index contributed by atoms with van der Waals surface area (Å²) >= 11 is 0. The first kappa shape index (κ1) is 27.7. The third kappa shape index (κ3) is 25.8. The second kappa shape index (κ2) is 24.5. The summed E-state index contributed by atoms with van der Waals surface area (Å²) in [6.07, 6.45) is 24.7. The smallest absolute Gasteiger partial charge is 0.185 e. The summed E-state index contributed by atoms with van der Waals surface area (Å²) < 4.78 is 0. The van der Waals surface area contributed by atoms with Gasteiger partial charge < -0.3 is 17.2 Å². The van der Waals surface area contributed by atoms with Crippen LogP contribution in [0, 0.1) is 0 Å². The average Bonchev–Trinajstić information content (AvgIpc) is 2.60. The molecule has 0 saturated heterocycles. The van der Waals surface area contributed by atoms with E-state index in [9.17, 15) is 0 Å². The first-order valence-corrected chi connectivity index (χ1v) is 11.0. The van der Waals surface area contributed by atoms with E-state index in [-0.39, 0.29) is 18.4 Å². The van der Waals surface area contributed by atoms with E-state index in [1.807, 2.05) is 0 Å². The molecule has 158 valence electrons. The van der Waals surface area contributed by atoms with Gasteiger partial charge in [0.1, 0.15) is 0 Å². The molecule has 5 heteroatoms. The van der Waals surface area contributed by atoms with Gasteiger partial charge in [0, 0.05) is 6.54 Å². The highest BCUT2D eigenvalue weighted by atomic mass is 35.5. The van der Waals surface area contributed by atoms with E-state index in [0.29, 0.717) is 0 Å². The zero-order chi connectivity index (χ0) is 18.4. The maximum absolute atomic E-state index is 5.50. The lowest BCUT2D eigenvalue weighted by atomic mass is 10.0. The summed E-state index contributed by atoms with van der Waals surface area (Å²) in [6, 6.07) is 0. The number of halogens is 1. The van der Waals surface area contributed by atoms with Gasteiger partial charge in [0.2, 0.25) is 0 Å². The summed E-state index contributed by atoms with van der Waals surface area (Å²) in [4.78, 5) is 4.01. The lowest BCUT2D eigenvalue weighted by Gasteiger charge is -2.03. The molecule has 0 aromatic carbocycles. The fourth-order valence-corrected chi connectivity index (χ4v) is 3.29. The van der Waals surface area contributed by atoms with Gasteiger partial charge in [0.25, 0.3) is 0 Å². The fraction of sp³-hybridized carbons (Fsp3) is 0.952. The topological polar surface area (TPSA) is 90.4 Å². The highest BCUT2D eigenvalue weighted by molar-refractivity contribution is 5.85. The number of unbranched alkanes of at least 4 members (excludes halogenated alkanes) is 17. The van der Waals surface area contributed by atoms with Gasteiger partial charge in [-0.15, -0.1) is 12.4 Å². The van der Waals surface area contributed by atoms with Gasteiger partial charge in [-0.3, -0.25) is 4.99 Å². The van der Waals surface area contributed by atoms with E-state index in [1.54, 1.807) is 0 Å². The van der Waals surface area contributed by atoms with Crippen LogP contribution >= 0.6 is 12.4 Å². The maximum Gasteiger partial charge on any atom is 0.185 e. The van der Waals surface area contributed by atoms with Crippen LogP contribution in [-0.2, 0) is 0 Å². The van der Waals surface area contributed by atoms with Crippen LogP contribution in [0.3, 0.4) is 0 Å². The largest absolute Gasteiger partial charge is 0.370 e. The second-order valence-corrected chi connectivity index (χ2v) is 7.46. The molecule has 0 bridgehead atoms. The molecule has 0 heterocycles. The molecule has 0 unspecified atom stereocenters. The first-order chi connectivity index (χ1) is 12.3. The Balaban J connectivity index is 0. The van der Waals surface area contributed by atoms with Crippen LogP contribution in [0.25, 0.3) is 0 Å². The Labute approximate surface area is 169 Å². The van der Waals surface area contributed by atoms with Crippen LogP contribution in [0.5, 0.6) is 0 Å². The van der Waals surface area contributed by atoms with Crippen LogP contribution in [0.2, 0.25) is 0 Å². The van der Waals surface area contributed by atoms with Crippen molar-refractivity contribution < 1.29 is 0 Å². The van der Waals surface area contributed by atoms with Crippen LogP contribution in [0.1, 0.15) is 116 Å². The van der Waals surface area contributed by atoms with Crippen molar-refractivity contribution in [3.63, 3.8) is 0 Å². The molecule has 0 atom stereocenters. The fourth-order valence-electron chi connectivity index (χ4n) is 3.29. The minimum atomic E-state index is 0. The number of nitrogens with zero attached hydrogens (tertiary/aromatic N) is 1. The number of aliphatic imine (C=N–C) groups is 1. The minimum Gasteiger partial charge on any atom is -0.370 e. The Bertz CT molecular complexity index is 281. The molecule has 6 N–H and O–H groups in total. The standard InChI is InChI=1S/C21H46N4.ClH/c22-19-17-15-13-11-9-7-5-3-1-2-4-6-8-10-12-14-16-18-20-25-21(23)24;/h1-20,22H2,(H4,23,24,25);1H. The van der Waals surface area contributed by atoms with E-state index >= 15 is 0 Å². The Hall–Kier alpha value is -0.480. The van der Waals surface area contributed by atoms with E-state index in [4.69, 9.17) is 17.2 Å². The van der Waals surface area contributed by atoms with Gasteiger partial charge in [-0.25, -0.2) is 0 Å². The monoisotopic (exact) mass is 390 g/mol. The van der Waals surface area contributed by atoms with Crippen LogP contribution < -0.4 is 17.2 Å².